The number of aromatic nitrogens is 7. The van der Waals surface area contributed by atoms with Crippen LogP contribution in [0.5, 0.6) is 28.9 Å². The van der Waals surface area contributed by atoms with Gasteiger partial charge in [0, 0.05) is 115 Å². The van der Waals surface area contributed by atoms with Crippen molar-refractivity contribution in [1.29, 1.82) is 5.26 Å². The number of imidazole rings is 2. The molecule has 0 spiro atoms. The number of alkyl halides is 15. The maximum absolute atomic E-state index is 12.9. The Kier molecular flexibility index (Phi) is 36.4. The van der Waals surface area contributed by atoms with Crippen LogP contribution in [-0.4, -0.2) is 135 Å². The number of aromatic hydroxyl groups is 1. The second kappa shape index (κ2) is 47.9. The molecule has 8 heterocycles. The molecule has 38 heteroatoms. The van der Waals surface area contributed by atoms with E-state index in [1.165, 1.54) is 54.3 Å². The number of nitrogens with zero attached hydrogens (tertiary/aromatic N) is 11. The number of aromatic amines is 1. The number of pyridine rings is 3. The number of hydrogen-bond acceptors (Lipinski definition) is 18. The van der Waals surface area contributed by atoms with Crippen LogP contribution in [0.3, 0.4) is 0 Å². The maximum atomic E-state index is 12.9. The lowest BCUT2D eigenvalue weighted by Crippen LogP contribution is -2.38. The number of piperidine rings is 1. The van der Waals surface area contributed by atoms with Crippen LogP contribution in [0.2, 0.25) is 0 Å². The summed E-state index contributed by atoms with van der Waals surface area (Å²) in [6.45, 7) is 14.6. The number of rotatable bonds is 23. The molecule has 0 radical (unpaired) electrons. The predicted molar refractivity (Wildman–Crippen MR) is 510 cm³/mol. The van der Waals surface area contributed by atoms with Crippen molar-refractivity contribution >= 4 is 39.7 Å². The smallest absolute Gasteiger partial charge is 0.446 e. The molecule has 8 aromatic carbocycles. The fourth-order valence-corrected chi connectivity index (χ4v) is 18.3. The third kappa shape index (κ3) is 31.1. The number of hydrogen-bond donors (Lipinski definition) is 3. The van der Waals surface area contributed by atoms with E-state index in [9.17, 15) is 94.5 Å². The summed E-state index contributed by atoms with van der Waals surface area (Å²) in [6.07, 6.45) is 3.70. The van der Waals surface area contributed by atoms with Gasteiger partial charge in [0.25, 0.3) is 5.91 Å². The number of methoxy groups -OCH3 is 1. The number of aliphatic hydroxyl groups excluding tert-OH is 1. The average molecular weight is 2030 g/mol. The van der Waals surface area contributed by atoms with Crippen LogP contribution in [0.1, 0.15) is 162 Å². The SMILES string of the molecule is COc1c(C)cnc(CN2CCCCC2c2ncc[nH]2)c1C.Cc1ccc(-c2ccc(Oc3ccc(C(F)(F)F)cn3)c(C)c2)cc1.Cc1ccc(O)c(CN(C)Cc2nccn2Cc2ccccc2)n1.FC(F)(F)Sc1ccc(Cc2ccc(SC(F)(F)F)cc2)cc1.N#CC1(c2ccc(C(=O)N3CCCC3CO)cc2)CC1.O=S(=O)(Oc1cc(C(F)(F)F)cc(C(F)(F)F)c1)N1CCc2ccccc2C1. The largest absolute Gasteiger partial charge is 0.506 e. The monoisotopic (exact) mass is 2030 g/mol. The van der Waals surface area contributed by atoms with E-state index >= 15 is 0 Å². The van der Waals surface area contributed by atoms with E-state index in [4.69, 9.17) is 9.47 Å². The number of aliphatic hydroxyl groups is 1. The summed E-state index contributed by atoms with van der Waals surface area (Å²) in [5.74, 6) is 2.86. The van der Waals surface area contributed by atoms with Gasteiger partial charge in [-0.2, -0.15) is 83.8 Å². The normalized spacial score (nSPS) is 15.3. The number of aryl methyl sites for hydroxylation is 4. The van der Waals surface area contributed by atoms with Gasteiger partial charge < -0.3 is 38.3 Å². The van der Waals surface area contributed by atoms with Crippen LogP contribution in [0, 0.1) is 45.9 Å². The van der Waals surface area contributed by atoms with Gasteiger partial charge in [0.05, 0.1) is 71.9 Å². The molecule has 5 aromatic heterocycles. The molecule has 3 N–H and O–H groups in total. The highest BCUT2D eigenvalue weighted by Crippen LogP contribution is 2.48. The number of halogens is 15. The summed E-state index contributed by atoms with van der Waals surface area (Å²) >= 11 is -0.373. The Morgan fingerprint density at radius 2 is 1.23 bits per heavy atom. The molecule has 1 aliphatic carbocycles. The van der Waals surface area contributed by atoms with E-state index in [2.05, 4.69) is 73.6 Å². The van der Waals surface area contributed by atoms with Gasteiger partial charge in [0.15, 0.2) is 0 Å². The lowest BCUT2D eigenvalue weighted by atomic mass is 9.96. The fourth-order valence-electron chi connectivity index (χ4n) is 16.1. The number of amides is 1. The summed E-state index contributed by atoms with van der Waals surface area (Å²) < 4.78 is 232. The Morgan fingerprint density at radius 1 is 0.606 bits per heavy atom. The minimum atomic E-state index is -5.10. The van der Waals surface area contributed by atoms with Gasteiger partial charge in [-0.25, -0.2) is 15.0 Å². The number of fused-ring (bicyclic) bond motifs is 1. The molecule has 1 saturated carbocycles. The van der Waals surface area contributed by atoms with Gasteiger partial charge >= 0.3 is 39.8 Å². The number of H-pyrrole nitrogens is 1. The van der Waals surface area contributed by atoms with E-state index in [0.717, 1.165) is 147 Å². The third-order valence-corrected chi connectivity index (χ3v) is 26.5. The molecule has 750 valence electrons. The molecule has 2 unspecified atom stereocenters. The summed E-state index contributed by atoms with van der Waals surface area (Å²) in [5.41, 5.74) is 2.12. The minimum absolute atomic E-state index is 0.00949. The standard InChI is InChI=1S/C20H16F3NO.C19H22N4O.C17H13F6NO3S.C17H24N4O.C16H18N2O2.C15H10F6S2/c1-13-3-5-15(6-4-13)16-7-9-18(14(2)11-16)25-19-10-8-17(12-24-19)20(21,22)23;1-15-8-9-18(24)17(21-15)13-22(2)14-19-20-10-11-23(19)12-16-6-4-3-5-7-16;18-16(19,20)13-7-14(17(21,22)23)9-15(8-13)27-28(25,26)24-6-5-11-3-1-2-4-12(11)10-24;1-12-10-20-14(13(2)16(12)22-3)11-21-9-5-4-6-15(21)17-18-7-8-19-17;17-11-16(7-8-16)13-5-3-12(4-6-13)15(20)18-9-1-2-14(18)10-19;16-14(17,18)22-12-5-1-10(2-6-12)9-11-3-7-13(8-4-11)23-15(19,20)21/h3-12H,1-2H3;3-11,24H,12-14H2,1-2H3;1-4,7-9H,5-6,10H2;7-8,10,15H,4-6,9,11H2,1-3H3,(H,18,19);3-6,14,19H,1-2,7-10H2;1-8H,9H2. The first-order chi connectivity index (χ1) is 67.3. The van der Waals surface area contributed by atoms with Gasteiger partial charge in [-0.05, 0) is 258 Å². The summed E-state index contributed by atoms with van der Waals surface area (Å²) in [7, 11) is -0.872. The van der Waals surface area contributed by atoms with E-state index in [0.29, 0.717) is 61.1 Å². The number of thioether (sulfide) groups is 2. The van der Waals surface area contributed by atoms with Crippen LogP contribution >= 0.6 is 23.5 Å². The first kappa shape index (κ1) is 108. The molecule has 20 nitrogen and oxygen atoms in total. The molecule has 17 rings (SSSR count). The van der Waals surface area contributed by atoms with Gasteiger partial charge in [-0.15, -0.1) is 0 Å². The predicted octanol–water partition coefficient (Wildman–Crippen LogP) is 25.1. The van der Waals surface area contributed by atoms with Crippen molar-refractivity contribution in [3.63, 3.8) is 0 Å². The Bertz CT molecular complexity index is 6400. The highest BCUT2D eigenvalue weighted by atomic mass is 32.2. The molecular weight excluding hydrogens is 1930 g/mol. The Labute approximate surface area is 821 Å². The van der Waals surface area contributed by atoms with E-state index in [1.54, 1.807) is 66.6 Å². The zero-order valence-electron chi connectivity index (χ0n) is 78.2. The first-order valence-electron chi connectivity index (χ1n) is 45.0. The van der Waals surface area contributed by atoms with Gasteiger partial charge in [0.2, 0.25) is 5.88 Å². The molecule has 3 fully saturated rings. The average Bonchev–Trinajstić information content (AvgIpc) is 1.73. The summed E-state index contributed by atoms with van der Waals surface area (Å²) in [5, 5.41) is 28.4. The van der Waals surface area contributed by atoms with Crippen molar-refractivity contribution in [3.8, 4) is 46.1 Å². The molecular formula is C104H103F15N12O8S3. The van der Waals surface area contributed by atoms with Gasteiger partial charge in [-0.3, -0.25) is 24.6 Å². The van der Waals surface area contributed by atoms with E-state index < -0.39 is 62.3 Å². The Morgan fingerprint density at radius 3 is 1.80 bits per heavy atom. The van der Waals surface area contributed by atoms with Crippen molar-refractivity contribution in [2.45, 2.75) is 182 Å². The zero-order chi connectivity index (χ0) is 102. The van der Waals surface area contributed by atoms with Crippen LogP contribution in [0.4, 0.5) is 65.9 Å². The molecule has 2 atom stereocenters. The van der Waals surface area contributed by atoms with Crippen molar-refractivity contribution in [2.24, 2.45) is 0 Å². The number of benzene rings is 8. The summed E-state index contributed by atoms with van der Waals surface area (Å²) in [6, 6.07) is 59.1. The lowest BCUT2D eigenvalue weighted by Gasteiger charge is -2.34. The van der Waals surface area contributed by atoms with Crippen molar-refractivity contribution < 1.29 is 103 Å². The molecule has 3 aliphatic heterocycles. The number of nitriles is 1. The first-order valence-corrected chi connectivity index (χ1v) is 48.0. The van der Waals surface area contributed by atoms with Crippen LogP contribution in [-0.2, 0) is 79.8 Å². The van der Waals surface area contributed by atoms with Gasteiger partial charge in [0.1, 0.15) is 34.6 Å². The third-order valence-electron chi connectivity index (χ3n) is 23.7. The lowest BCUT2D eigenvalue weighted by molar-refractivity contribution is -0.143. The van der Waals surface area contributed by atoms with Crippen molar-refractivity contribution in [3.05, 3.63) is 356 Å². The van der Waals surface area contributed by atoms with Crippen molar-refractivity contribution in [2.75, 3.05) is 40.4 Å². The molecule has 13 aromatic rings. The molecule has 4 aliphatic rings. The van der Waals surface area contributed by atoms with Crippen molar-refractivity contribution in [1.82, 2.24) is 53.5 Å². The highest BCUT2D eigenvalue weighted by Gasteiger charge is 2.45. The molecule has 2 saturated heterocycles. The zero-order valence-corrected chi connectivity index (χ0v) is 80.7. The minimum Gasteiger partial charge on any atom is -0.506 e. The van der Waals surface area contributed by atoms with Crippen LogP contribution in [0.25, 0.3) is 11.1 Å². The van der Waals surface area contributed by atoms with E-state index in [1.807, 2.05) is 157 Å². The Hall–Kier alpha value is -12.8. The molecule has 0 bridgehead atoms. The second-order valence-corrected chi connectivity index (χ2v) is 38.1. The number of likely N-dealkylation sites (tertiary alicyclic amines) is 2. The topological polar surface area (TPSA) is 241 Å². The molecule has 1 amide bonds. The van der Waals surface area contributed by atoms with Crippen LogP contribution < -0.4 is 13.7 Å². The number of ether oxygens (including phenoxy) is 2. The fraction of sp³-hybridized carbons (Fsp3) is 0.317. The summed E-state index contributed by atoms with van der Waals surface area (Å²) in [4.78, 5) is 43.9. The quantitative estimate of drug-likeness (QED) is 0.0398. The van der Waals surface area contributed by atoms with Gasteiger partial charge in [-0.1, -0.05) is 133 Å². The molecule has 142 heavy (non-hydrogen) atoms. The Balaban J connectivity index is 0.000000153. The second-order valence-electron chi connectivity index (χ2n) is 34.3. The highest BCUT2D eigenvalue weighted by molar-refractivity contribution is 8.00. The van der Waals surface area contributed by atoms with E-state index in [-0.39, 0.29) is 100 Å². The number of carbonyl (C=O) groups is 1. The number of nitrogens with one attached hydrogen (secondary N) is 1. The maximum Gasteiger partial charge on any atom is 0.446 e. The number of carbonyl (C=O) groups excluding carboxylic acids is 1. The van der Waals surface area contributed by atoms with Crippen LogP contribution in [0.15, 0.2) is 259 Å².